The summed E-state index contributed by atoms with van der Waals surface area (Å²) in [4.78, 5) is 1.19. The van der Waals surface area contributed by atoms with Gasteiger partial charge in [-0.25, -0.2) is 0 Å². The van der Waals surface area contributed by atoms with Gasteiger partial charge >= 0.3 is 6.18 Å². The van der Waals surface area contributed by atoms with Crippen molar-refractivity contribution < 1.29 is 18.3 Å². The monoisotopic (exact) mass is 238 g/mol. The van der Waals surface area contributed by atoms with E-state index in [4.69, 9.17) is 5.11 Å². The van der Waals surface area contributed by atoms with Crippen molar-refractivity contribution in [3.63, 3.8) is 0 Å². The largest absolute Gasteiger partial charge is 0.431 e. The quantitative estimate of drug-likeness (QED) is 0.604. The van der Waals surface area contributed by atoms with Crippen LogP contribution in [0, 0.1) is 0 Å². The number of hydrazone groups is 1. The summed E-state index contributed by atoms with van der Waals surface area (Å²) in [6.07, 6.45) is -4.90. The van der Waals surface area contributed by atoms with Gasteiger partial charge in [0, 0.05) is 26.1 Å². The van der Waals surface area contributed by atoms with Crippen molar-refractivity contribution >= 4 is 5.84 Å². The molecule has 2 aliphatic heterocycles. The number of halogens is 3. The van der Waals surface area contributed by atoms with Crippen molar-refractivity contribution in [3.05, 3.63) is 0 Å². The van der Waals surface area contributed by atoms with Gasteiger partial charge in [-0.2, -0.15) is 18.3 Å². The maximum absolute atomic E-state index is 13.1. The number of fused-ring (bicyclic) bond motifs is 1. The van der Waals surface area contributed by atoms with Gasteiger partial charge in [0.25, 0.3) is 0 Å². The number of piperazine rings is 1. The molecule has 2 aliphatic rings. The lowest BCUT2D eigenvalue weighted by molar-refractivity contribution is -0.232. The molecule has 0 aromatic carbocycles. The van der Waals surface area contributed by atoms with E-state index in [9.17, 15) is 13.2 Å². The summed E-state index contributed by atoms with van der Waals surface area (Å²) >= 11 is 0. The van der Waals surface area contributed by atoms with Gasteiger partial charge in [-0.15, -0.1) is 0 Å². The summed E-state index contributed by atoms with van der Waals surface area (Å²) in [5.41, 5.74) is -0.0950. The maximum atomic E-state index is 13.1. The summed E-state index contributed by atoms with van der Waals surface area (Å²) < 4.78 is 39.2. The Kier molecular flexibility index (Phi) is 2.70. The fourth-order valence-electron chi connectivity index (χ4n) is 2.05. The van der Waals surface area contributed by atoms with Crippen molar-refractivity contribution in [2.45, 2.75) is 18.3 Å². The van der Waals surface area contributed by atoms with Gasteiger partial charge in [0.1, 0.15) is 5.84 Å². The zero-order valence-corrected chi connectivity index (χ0v) is 8.51. The van der Waals surface area contributed by atoms with Gasteiger partial charge in [-0.05, 0) is 0 Å². The average molecular weight is 238 g/mol. The third-order valence-corrected chi connectivity index (χ3v) is 2.88. The van der Waals surface area contributed by atoms with Crippen LogP contribution in [0.25, 0.3) is 0 Å². The highest BCUT2D eigenvalue weighted by molar-refractivity contribution is 5.87. The normalized spacial score (nSPS) is 29.8. The molecule has 0 bridgehead atoms. The van der Waals surface area contributed by atoms with E-state index >= 15 is 0 Å². The molecule has 1 atom stereocenters. The van der Waals surface area contributed by atoms with E-state index in [1.165, 1.54) is 4.90 Å². The van der Waals surface area contributed by atoms with E-state index in [1.54, 1.807) is 0 Å². The zero-order chi connectivity index (χ0) is 11.8. The molecule has 92 valence electrons. The fourth-order valence-corrected chi connectivity index (χ4v) is 2.05. The van der Waals surface area contributed by atoms with Gasteiger partial charge in [0.05, 0.1) is 6.54 Å². The lowest BCUT2D eigenvalue weighted by Crippen LogP contribution is -2.67. The van der Waals surface area contributed by atoms with Crippen molar-refractivity contribution in [1.82, 2.24) is 15.6 Å². The number of alkyl halides is 3. The predicted octanol–water partition coefficient (Wildman–Crippen LogP) is -0.551. The molecule has 5 nitrogen and oxygen atoms in total. The van der Waals surface area contributed by atoms with Crippen LogP contribution in [-0.2, 0) is 0 Å². The molecule has 8 heteroatoms. The third kappa shape index (κ3) is 1.52. The first-order chi connectivity index (χ1) is 7.51. The first-order valence-electron chi connectivity index (χ1n) is 5.01. The summed E-state index contributed by atoms with van der Waals surface area (Å²) in [5, 5.41) is 15.5. The number of aliphatic hydroxyl groups excluding tert-OH is 1. The number of aliphatic hydroxyl groups is 1. The van der Waals surface area contributed by atoms with Gasteiger partial charge in [-0.1, -0.05) is 0 Å². The highest BCUT2D eigenvalue weighted by atomic mass is 19.4. The van der Waals surface area contributed by atoms with E-state index < -0.39 is 24.9 Å². The van der Waals surface area contributed by atoms with Crippen LogP contribution in [-0.4, -0.2) is 53.9 Å². The Morgan fingerprint density at radius 1 is 1.50 bits per heavy atom. The van der Waals surface area contributed by atoms with Gasteiger partial charge < -0.3 is 15.3 Å². The van der Waals surface area contributed by atoms with Crippen LogP contribution in [0.1, 0.15) is 6.42 Å². The topological polar surface area (TPSA) is 59.9 Å². The molecule has 0 aromatic rings. The van der Waals surface area contributed by atoms with Crippen LogP contribution in [0.5, 0.6) is 0 Å². The molecule has 0 saturated carbocycles. The van der Waals surface area contributed by atoms with E-state index in [1.807, 2.05) is 0 Å². The third-order valence-electron chi connectivity index (χ3n) is 2.88. The molecule has 0 aliphatic carbocycles. The van der Waals surface area contributed by atoms with Crippen LogP contribution < -0.4 is 10.7 Å². The van der Waals surface area contributed by atoms with E-state index in [-0.39, 0.29) is 6.54 Å². The second-order valence-electron chi connectivity index (χ2n) is 3.80. The molecule has 1 fully saturated rings. The Bertz CT molecular complexity index is 306. The number of nitrogens with zero attached hydrogens (tertiary/aromatic N) is 2. The number of hydrogen-bond donors (Lipinski definition) is 3. The molecule has 3 N–H and O–H groups in total. The molecule has 2 rings (SSSR count). The molecule has 0 radical (unpaired) electrons. The highest BCUT2D eigenvalue weighted by Gasteiger charge is 2.62. The molecule has 16 heavy (non-hydrogen) atoms. The van der Waals surface area contributed by atoms with Gasteiger partial charge in [0.2, 0.25) is 5.66 Å². The minimum atomic E-state index is -4.47. The molecule has 0 amide bonds. The lowest BCUT2D eigenvalue weighted by atomic mass is 10.0. The molecule has 0 aromatic heterocycles. The number of nitrogens with one attached hydrogen (secondary N) is 2. The van der Waals surface area contributed by atoms with Crippen LogP contribution in [0.2, 0.25) is 0 Å². The SMILES string of the molecule is OCCC1(C(F)(F)F)NN=C2CNCCN21. The van der Waals surface area contributed by atoms with E-state index in [2.05, 4.69) is 15.8 Å². The Hall–Kier alpha value is -1.02. The number of hydrogen-bond acceptors (Lipinski definition) is 5. The van der Waals surface area contributed by atoms with Gasteiger partial charge in [-0.3, -0.25) is 5.43 Å². The predicted molar refractivity (Wildman–Crippen MR) is 50.6 cm³/mol. The average Bonchev–Trinajstić information content (AvgIpc) is 2.59. The molecule has 1 unspecified atom stereocenters. The molecule has 0 spiro atoms. The smallest absolute Gasteiger partial charge is 0.396 e. The number of amidine groups is 1. The Morgan fingerprint density at radius 3 is 2.88 bits per heavy atom. The maximum Gasteiger partial charge on any atom is 0.431 e. The summed E-state index contributed by atoms with van der Waals surface area (Å²) in [7, 11) is 0. The standard InChI is InChI=1S/C8H13F3N4O/c9-8(10,11)7(1-4-16)14-13-6-5-12-2-3-15(6)7/h12,14,16H,1-5H2. The van der Waals surface area contributed by atoms with Crippen LogP contribution in [0.4, 0.5) is 13.2 Å². The Balaban J connectivity index is 2.28. The minimum absolute atomic E-state index is 0.228. The summed E-state index contributed by atoms with van der Waals surface area (Å²) in [6.45, 7) is 0.477. The second-order valence-corrected chi connectivity index (χ2v) is 3.80. The van der Waals surface area contributed by atoms with Gasteiger partial charge in [0.15, 0.2) is 0 Å². The van der Waals surface area contributed by atoms with Crippen molar-refractivity contribution in [3.8, 4) is 0 Å². The first kappa shape index (κ1) is 11.5. The van der Waals surface area contributed by atoms with Crippen LogP contribution in [0.3, 0.4) is 0 Å². The van der Waals surface area contributed by atoms with Crippen molar-refractivity contribution in [1.29, 1.82) is 0 Å². The van der Waals surface area contributed by atoms with Crippen LogP contribution >= 0.6 is 0 Å². The highest BCUT2D eigenvalue weighted by Crippen LogP contribution is 2.38. The van der Waals surface area contributed by atoms with E-state index in [0.29, 0.717) is 18.9 Å². The zero-order valence-electron chi connectivity index (χ0n) is 8.51. The molecular weight excluding hydrogens is 225 g/mol. The fraction of sp³-hybridized carbons (Fsp3) is 0.875. The van der Waals surface area contributed by atoms with Crippen LogP contribution in [0.15, 0.2) is 5.10 Å². The number of rotatable bonds is 2. The Labute approximate surface area is 90.3 Å². The first-order valence-corrected chi connectivity index (χ1v) is 5.01. The second kappa shape index (κ2) is 3.77. The molecule has 2 heterocycles. The lowest BCUT2D eigenvalue weighted by Gasteiger charge is -2.42. The van der Waals surface area contributed by atoms with E-state index in [0.717, 1.165) is 0 Å². The summed E-state index contributed by atoms with van der Waals surface area (Å²) in [5.74, 6) is 0.344. The van der Waals surface area contributed by atoms with Crippen molar-refractivity contribution in [2.24, 2.45) is 5.10 Å². The Morgan fingerprint density at radius 2 is 2.25 bits per heavy atom. The van der Waals surface area contributed by atoms with Crippen molar-refractivity contribution in [2.75, 3.05) is 26.2 Å². The molecule has 1 saturated heterocycles. The molecular formula is C8H13F3N4O. The summed E-state index contributed by atoms with van der Waals surface area (Å²) in [6, 6.07) is 0. The minimum Gasteiger partial charge on any atom is -0.396 e.